The van der Waals surface area contributed by atoms with Gasteiger partial charge in [-0.2, -0.15) is 4.98 Å². The van der Waals surface area contributed by atoms with Crippen LogP contribution < -0.4 is 5.32 Å². The number of nitrogens with one attached hydrogen (secondary N) is 1. The molecule has 0 saturated heterocycles. The van der Waals surface area contributed by atoms with Gasteiger partial charge >= 0.3 is 6.09 Å². The predicted octanol–water partition coefficient (Wildman–Crippen LogP) is 2.65. The van der Waals surface area contributed by atoms with Gasteiger partial charge in [0.2, 0.25) is 5.82 Å². The number of rotatable bonds is 3. The number of aromatic nitrogens is 3. The molecule has 2 aromatic heterocycles. The number of amides is 1. The van der Waals surface area contributed by atoms with E-state index in [1.165, 1.54) is 0 Å². The Bertz CT molecular complexity index is 672. The molecule has 7 heteroatoms. The molecule has 1 aliphatic rings. The minimum absolute atomic E-state index is 0.408. The Hall–Kier alpha value is -2.44. The zero-order valence-electron chi connectivity index (χ0n) is 12.8. The molecule has 3 rings (SSSR count). The molecule has 22 heavy (non-hydrogen) atoms. The highest BCUT2D eigenvalue weighted by atomic mass is 16.6. The van der Waals surface area contributed by atoms with Gasteiger partial charge in [-0.05, 0) is 45.7 Å². The molecule has 1 amide bonds. The van der Waals surface area contributed by atoms with Crippen LogP contribution in [0.1, 0.15) is 39.5 Å². The first-order chi connectivity index (χ1) is 10.4. The van der Waals surface area contributed by atoms with E-state index in [0.29, 0.717) is 11.7 Å². The molecular weight excluding hydrogens is 284 g/mol. The predicted molar refractivity (Wildman–Crippen MR) is 77.8 cm³/mol. The average molecular weight is 302 g/mol. The van der Waals surface area contributed by atoms with Gasteiger partial charge in [0.1, 0.15) is 11.1 Å². The number of carbonyl (C=O) groups excluding carboxylic acids is 1. The molecule has 2 aromatic rings. The highest BCUT2D eigenvalue weighted by Crippen LogP contribution is 2.45. The highest BCUT2D eigenvalue weighted by molar-refractivity contribution is 5.69. The fourth-order valence-corrected chi connectivity index (χ4v) is 2.05. The summed E-state index contributed by atoms with van der Waals surface area (Å²) in [6, 6.07) is 3.60. The van der Waals surface area contributed by atoms with Crippen molar-refractivity contribution in [2.75, 3.05) is 0 Å². The topological polar surface area (TPSA) is 90.1 Å². The molecule has 2 heterocycles. The second kappa shape index (κ2) is 5.08. The van der Waals surface area contributed by atoms with Crippen molar-refractivity contribution in [2.24, 2.45) is 0 Å². The van der Waals surface area contributed by atoms with Gasteiger partial charge in [0.15, 0.2) is 0 Å². The second-order valence-corrected chi connectivity index (χ2v) is 6.37. The van der Waals surface area contributed by atoms with Crippen molar-refractivity contribution in [1.82, 2.24) is 20.4 Å². The number of pyridine rings is 1. The van der Waals surface area contributed by atoms with Crippen LogP contribution in [0.3, 0.4) is 0 Å². The van der Waals surface area contributed by atoms with Crippen molar-refractivity contribution >= 4 is 6.09 Å². The van der Waals surface area contributed by atoms with Crippen LogP contribution in [-0.2, 0) is 10.3 Å². The van der Waals surface area contributed by atoms with Crippen LogP contribution >= 0.6 is 0 Å². The Balaban J connectivity index is 1.74. The molecule has 1 N–H and O–H groups in total. The van der Waals surface area contributed by atoms with Gasteiger partial charge in [-0.3, -0.25) is 4.98 Å². The number of hydrogen-bond acceptors (Lipinski definition) is 6. The maximum Gasteiger partial charge on any atom is 0.408 e. The van der Waals surface area contributed by atoms with E-state index in [-0.39, 0.29) is 0 Å². The Morgan fingerprint density at radius 2 is 2.00 bits per heavy atom. The highest BCUT2D eigenvalue weighted by Gasteiger charge is 2.51. The summed E-state index contributed by atoms with van der Waals surface area (Å²) < 4.78 is 10.6. The summed E-state index contributed by atoms with van der Waals surface area (Å²) in [5.41, 5.74) is -0.323. The summed E-state index contributed by atoms with van der Waals surface area (Å²) in [5, 5.41) is 6.80. The van der Waals surface area contributed by atoms with E-state index >= 15 is 0 Å². The van der Waals surface area contributed by atoms with E-state index in [9.17, 15) is 4.79 Å². The van der Waals surface area contributed by atoms with Crippen molar-refractivity contribution in [2.45, 2.75) is 44.8 Å². The molecule has 7 nitrogen and oxygen atoms in total. The van der Waals surface area contributed by atoms with Gasteiger partial charge in [-0.25, -0.2) is 4.79 Å². The molecule has 1 saturated carbocycles. The summed E-state index contributed by atoms with van der Waals surface area (Å²) in [5.74, 6) is 0.889. The molecule has 1 fully saturated rings. The zero-order valence-corrected chi connectivity index (χ0v) is 12.8. The normalized spacial score (nSPS) is 16.1. The number of carbonyl (C=O) groups is 1. The first-order valence-electron chi connectivity index (χ1n) is 7.14. The summed E-state index contributed by atoms with van der Waals surface area (Å²) in [7, 11) is 0. The van der Waals surface area contributed by atoms with Crippen molar-refractivity contribution in [3.63, 3.8) is 0 Å². The fourth-order valence-electron chi connectivity index (χ4n) is 2.05. The quantitative estimate of drug-likeness (QED) is 0.937. The minimum Gasteiger partial charge on any atom is -0.444 e. The summed E-state index contributed by atoms with van der Waals surface area (Å²) in [4.78, 5) is 20.3. The van der Waals surface area contributed by atoms with Gasteiger partial charge in [0.25, 0.3) is 5.89 Å². The Morgan fingerprint density at radius 1 is 1.32 bits per heavy atom. The summed E-state index contributed by atoms with van der Waals surface area (Å²) in [6.45, 7) is 5.46. The van der Waals surface area contributed by atoms with Crippen LogP contribution in [0.25, 0.3) is 11.4 Å². The molecule has 0 bridgehead atoms. The number of alkyl carbamates (subject to hydrolysis) is 1. The van der Waals surface area contributed by atoms with Gasteiger partial charge in [-0.1, -0.05) is 5.16 Å². The van der Waals surface area contributed by atoms with Gasteiger partial charge in [-0.15, -0.1) is 0 Å². The maximum absolute atomic E-state index is 11.9. The third-order valence-corrected chi connectivity index (χ3v) is 3.26. The Morgan fingerprint density at radius 3 is 2.59 bits per heavy atom. The maximum atomic E-state index is 11.9. The monoisotopic (exact) mass is 302 g/mol. The molecule has 0 aliphatic heterocycles. The first-order valence-corrected chi connectivity index (χ1v) is 7.14. The van der Waals surface area contributed by atoms with Crippen LogP contribution in [0.15, 0.2) is 29.0 Å². The van der Waals surface area contributed by atoms with Gasteiger partial charge < -0.3 is 14.6 Å². The lowest BCUT2D eigenvalue weighted by Crippen LogP contribution is -2.39. The standard InChI is InChI=1S/C15H18N4O3/c1-14(2,3)21-13(20)18-15(6-7-15)12-17-11(19-22-12)10-4-8-16-9-5-10/h4-5,8-9H,6-7H2,1-3H3,(H,18,20). The largest absolute Gasteiger partial charge is 0.444 e. The Labute approximate surface area is 128 Å². The zero-order chi connectivity index (χ0) is 15.8. The number of ether oxygens (including phenoxy) is 1. The lowest BCUT2D eigenvalue weighted by molar-refractivity contribution is 0.0483. The van der Waals surface area contributed by atoms with E-state index in [1.54, 1.807) is 24.5 Å². The molecule has 0 unspecified atom stereocenters. The van der Waals surface area contributed by atoms with E-state index in [2.05, 4.69) is 20.4 Å². The molecule has 1 aliphatic carbocycles. The van der Waals surface area contributed by atoms with E-state index in [0.717, 1.165) is 18.4 Å². The molecular formula is C15H18N4O3. The van der Waals surface area contributed by atoms with E-state index < -0.39 is 17.2 Å². The third kappa shape index (κ3) is 3.08. The van der Waals surface area contributed by atoms with E-state index in [4.69, 9.17) is 9.26 Å². The summed E-state index contributed by atoms with van der Waals surface area (Å²) in [6.07, 6.45) is 4.36. The molecule has 0 spiro atoms. The van der Waals surface area contributed by atoms with Crippen molar-refractivity contribution < 1.29 is 14.1 Å². The van der Waals surface area contributed by atoms with Crippen LogP contribution in [0, 0.1) is 0 Å². The van der Waals surface area contributed by atoms with Gasteiger partial charge in [0, 0.05) is 18.0 Å². The molecule has 0 aromatic carbocycles. The first kappa shape index (κ1) is 14.5. The third-order valence-electron chi connectivity index (χ3n) is 3.26. The molecule has 116 valence electrons. The number of nitrogens with zero attached hydrogens (tertiary/aromatic N) is 3. The van der Waals surface area contributed by atoms with E-state index in [1.807, 2.05) is 20.8 Å². The summed E-state index contributed by atoms with van der Waals surface area (Å²) >= 11 is 0. The SMILES string of the molecule is CC(C)(C)OC(=O)NC1(c2nc(-c3ccncc3)no2)CC1. The van der Waals surface area contributed by atoms with Crippen LogP contribution in [0.4, 0.5) is 4.79 Å². The fraction of sp³-hybridized carbons (Fsp3) is 0.467. The van der Waals surface area contributed by atoms with Crippen LogP contribution in [0.5, 0.6) is 0 Å². The smallest absolute Gasteiger partial charge is 0.408 e. The molecule has 0 radical (unpaired) electrons. The van der Waals surface area contributed by atoms with Crippen molar-refractivity contribution in [3.05, 3.63) is 30.4 Å². The minimum atomic E-state index is -0.597. The second-order valence-electron chi connectivity index (χ2n) is 6.37. The lowest BCUT2D eigenvalue weighted by Gasteiger charge is -2.21. The molecule has 0 atom stereocenters. The van der Waals surface area contributed by atoms with Crippen LogP contribution in [0.2, 0.25) is 0 Å². The van der Waals surface area contributed by atoms with Crippen molar-refractivity contribution in [3.8, 4) is 11.4 Å². The van der Waals surface area contributed by atoms with Crippen molar-refractivity contribution in [1.29, 1.82) is 0 Å². The van der Waals surface area contributed by atoms with Gasteiger partial charge in [0.05, 0.1) is 0 Å². The Kier molecular flexibility index (Phi) is 3.35. The number of hydrogen-bond donors (Lipinski definition) is 1. The average Bonchev–Trinajstić information content (AvgIpc) is 3.03. The lowest BCUT2D eigenvalue weighted by atomic mass is 10.2. The van der Waals surface area contributed by atoms with Crippen LogP contribution in [-0.4, -0.2) is 26.8 Å².